The van der Waals surface area contributed by atoms with Crippen molar-refractivity contribution in [2.45, 2.75) is 6.10 Å². The van der Waals surface area contributed by atoms with Gasteiger partial charge in [0.05, 0.1) is 16.6 Å². The van der Waals surface area contributed by atoms with Gasteiger partial charge in [-0.1, -0.05) is 18.7 Å². The number of nitro groups is 1. The molecule has 1 atom stereocenters. The molecule has 0 unspecified atom stereocenters. The van der Waals surface area contributed by atoms with Crippen molar-refractivity contribution in [2.75, 3.05) is 0 Å². The Labute approximate surface area is 86.0 Å². The second-order valence-electron chi connectivity index (χ2n) is 2.89. The molecule has 5 heteroatoms. The van der Waals surface area contributed by atoms with E-state index in [2.05, 4.69) is 6.58 Å². The van der Waals surface area contributed by atoms with Crippen molar-refractivity contribution in [3.63, 3.8) is 0 Å². The lowest BCUT2D eigenvalue weighted by atomic mass is 10.0. The average molecular weight is 204 g/mol. The molecule has 0 bridgehead atoms. The van der Waals surface area contributed by atoms with E-state index in [1.807, 2.05) is 0 Å². The van der Waals surface area contributed by atoms with Crippen molar-refractivity contribution in [3.05, 3.63) is 52.1 Å². The van der Waals surface area contributed by atoms with Gasteiger partial charge < -0.3 is 5.11 Å². The average Bonchev–Trinajstić information content (AvgIpc) is 2.27. The van der Waals surface area contributed by atoms with Crippen LogP contribution in [0.4, 0.5) is 5.69 Å². The minimum atomic E-state index is -1.19. The third-order valence-corrected chi connectivity index (χ3v) is 1.87. The van der Waals surface area contributed by atoms with Crippen LogP contribution in [0.5, 0.6) is 0 Å². The molecule has 15 heavy (non-hydrogen) atoms. The van der Waals surface area contributed by atoms with Gasteiger partial charge in [0, 0.05) is 12.1 Å². The van der Waals surface area contributed by atoms with Crippen LogP contribution in [0.15, 0.2) is 36.4 Å². The summed E-state index contributed by atoms with van der Waals surface area (Å²) in [6, 6.07) is 7.17. The molecule has 1 aromatic rings. The highest BCUT2D eigenvalue weighted by atomic mass is 16.6. The number of hydrogen-bond donors (Lipinski definition) is 1. The van der Waals surface area contributed by atoms with Crippen LogP contribution in [0, 0.1) is 21.4 Å². The Hall–Kier alpha value is -2.19. The smallest absolute Gasteiger partial charge is 0.269 e. The number of nitriles is 1. The highest BCUT2D eigenvalue weighted by Gasteiger charge is 2.14. The summed E-state index contributed by atoms with van der Waals surface area (Å²) in [4.78, 5) is 9.89. The number of benzene rings is 1. The Kier molecular flexibility index (Phi) is 3.16. The largest absolute Gasteiger partial charge is 0.383 e. The van der Waals surface area contributed by atoms with E-state index in [1.165, 1.54) is 24.3 Å². The molecule has 1 rings (SSSR count). The molecule has 0 saturated carbocycles. The second-order valence-corrected chi connectivity index (χ2v) is 2.89. The molecular formula is C10H8N2O3. The Morgan fingerprint density at radius 3 is 2.87 bits per heavy atom. The summed E-state index contributed by atoms with van der Waals surface area (Å²) < 4.78 is 0. The summed E-state index contributed by atoms with van der Waals surface area (Å²) >= 11 is 0. The molecule has 0 saturated heterocycles. The minimum Gasteiger partial charge on any atom is -0.383 e. The van der Waals surface area contributed by atoms with Crippen molar-refractivity contribution in [1.82, 2.24) is 0 Å². The molecule has 5 nitrogen and oxygen atoms in total. The Bertz CT molecular complexity index is 448. The number of non-ortho nitro benzene ring substituents is 1. The number of rotatable bonds is 3. The van der Waals surface area contributed by atoms with Crippen molar-refractivity contribution in [1.29, 1.82) is 5.26 Å². The quantitative estimate of drug-likeness (QED) is 0.461. The van der Waals surface area contributed by atoms with E-state index < -0.39 is 11.0 Å². The first-order valence-corrected chi connectivity index (χ1v) is 4.07. The first-order chi connectivity index (χ1) is 7.06. The van der Waals surface area contributed by atoms with Gasteiger partial charge in [0.15, 0.2) is 0 Å². The Balaban J connectivity index is 3.06. The molecular weight excluding hydrogens is 196 g/mol. The normalized spacial score (nSPS) is 11.5. The van der Waals surface area contributed by atoms with Gasteiger partial charge in [0.1, 0.15) is 6.10 Å². The third kappa shape index (κ3) is 2.39. The molecule has 0 amide bonds. The van der Waals surface area contributed by atoms with Crippen molar-refractivity contribution < 1.29 is 10.0 Å². The summed E-state index contributed by atoms with van der Waals surface area (Å²) in [6.45, 7) is 3.34. The molecule has 76 valence electrons. The Morgan fingerprint density at radius 2 is 2.33 bits per heavy atom. The van der Waals surface area contributed by atoms with Crippen molar-refractivity contribution in [3.8, 4) is 6.07 Å². The molecule has 0 aliphatic heterocycles. The van der Waals surface area contributed by atoms with E-state index >= 15 is 0 Å². The van der Waals surface area contributed by atoms with Gasteiger partial charge in [0.2, 0.25) is 0 Å². The molecule has 0 heterocycles. The highest BCUT2D eigenvalue weighted by molar-refractivity contribution is 5.39. The molecule has 0 aromatic heterocycles. The van der Waals surface area contributed by atoms with Gasteiger partial charge in [-0.3, -0.25) is 10.1 Å². The molecule has 0 aliphatic carbocycles. The summed E-state index contributed by atoms with van der Waals surface area (Å²) in [7, 11) is 0. The summed E-state index contributed by atoms with van der Waals surface area (Å²) in [5, 5.41) is 28.5. The summed E-state index contributed by atoms with van der Waals surface area (Å²) in [5.41, 5.74) is 0.114. The van der Waals surface area contributed by atoms with Crippen LogP contribution < -0.4 is 0 Å². The van der Waals surface area contributed by atoms with Crippen LogP contribution in [0.25, 0.3) is 0 Å². The van der Waals surface area contributed by atoms with E-state index in [4.69, 9.17) is 5.26 Å². The fourth-order valence-electron chi connectivity index (χ4n) is 1.07. The predicted octanol–water partition coefficient (Wildman–Crippen LogP) is 1.71. The zero-order valence-corrected chi connectivity index (χ0v) is 7.75. The van der Waals surface area contributed by atoms with Crippen molar-refractivity contribution in [2.24, 2.45) is 0 Å². The summed E-state index contributed by atoms with van der Waals surface area (Å²) in [6.07, 6.45) is -1.19. The minimum absolute atomic E-state index is 0.0458. The van der Waals surface area contributed by atoms with Gasteiger partial charge in [0.25, 0.3) is 5.69 Å². The van der Waals surface area contributed by atoms with E-state index in [-0.39, 0.29) is 16.8 Å². The van der Waals surface area contributed by atoms with Crippen LogP contribution in [-0.4, -0.2) is 10.0 Å². The van der Waals surface area contributed by atoms with Crippen LogP contribution in [0.2, 0.25) is 0 Å². The van der Waals surface area contributed by atoms with Crippen LogP contribution in [-0.2, 0) is 0 Å². The van der Waals surface area contributed by atoms with E-state index in [0.29, 0.717) is 0 Å². The van der Waals surface area contributed by atoms with E-state index in [0.717, 1.165) is 0 Å². The maximum atomic E-state index is 10.5. The first-order valence-electron chi connectivity index (χ1n) is 4.07. The fourth-order valence-corrected chi connectivity index (χ4v) is 1.07. The molecule has 1 aromatic carbocycles. The number of aliphatic hydroxyl groups excluding tert-OH is 1. The van der Waals surface area contributed by atoms with Gasteiger partial charge in [-0.2, -0.15) is 5.26 Å². The number of aliphatic hydroxyl groups is 1. The maximum absolute atomic E-state index is 10.5. The lowest BCUT2D eigenvalue weighted by Crippen LogP contribution is -1.99. The van der Waals surface area contributed by atoms with Crippen LogP contribution >= 0.6 is 0 Å². The van der Waals surface area contributed by atoms with E-state index in [9.17, 15) is 15.2 Å². The first kappa shape index (κ1) is 10.9. The summed E-state index contributed by atoms with van der Waals surface area (Å²) in [5.74, 6) is 0. The lowest BCUT2D eigenvalue weighted by molar-refractivity contribution is -0.385. The third-order valence-electron chi connectivity index (χ3n) is 1.87. The Morgan fingerprint density at radius 1 is 1.67 bits per heavy atom. The van der Waals surface area contributed by atoms with Crippen LogP contribution in [0.1, 0.15) is 11.7 Å². The van der Waals surface area contributed by atoms with Crippen molar-refractivity contribution >= 4 is 5.69 Å². The molecule has 0 radical (unpaired) electrons. The van der Waals surface area contributed by atoms with Gasteiger partial charge >= 0.3 is 0 Å². The zero-order chi connectivity index (χ0) is 11.4. The molecule has 0 aliphatic rings. The van der Waals surface area contributed by atoms with Crippen LogP contribution in [0.3, 0.4) is 0 Å². The SMILES string of the molecule is C=C(C#N)[C@@H](O)c1cccc([N+](=O)[O-])c1. The standard InChI is InChI=1S/C10H8N2O3/c1-7(6-11)10(13)8-3-2-4-9(5-8)12(14)15/h2-5,10,13H,1H2/t10-/m1/s1. The predicted molar refractivity (Wildman–Crippen MR) is 52.8 cm³/mol. The number of hydrogen-bond acceptors (Lipinski definition) is 4. The number of nitro benzene ring substituents is 1. The number of nitrogens with zero attached hydrogens (tertiary/aromatic N) is 2. The van der Waals surface area contributed by atoms with Gasteiger partial charge in [-0.05, 0) is 5.56 Å². The van der Waals surface area contributed by atoms with Gasteiger partial charge in [-0.25, -0.2) is 0 Å². The zero-order valence-electron chi connectivity index (χ0n) is 7.75. The molecule has 0 spiro atoms. The highest BCUT2D eigenvalue weighted by Crippen LogP contribution is 2.23. The molecule has 1 N–H and O–H groups in total. The second kappa shape index (κ2) is 4.35. The van der Waals surface area contributed by atoms with E-state index in [1.54, 1.807) is 6.07 Å². The monoisotopic (exact) mass is 204 g/mol. The van der Waals surface area contributed by atoms with Gasteiger partial charge in [-0.15, -0.1) is 0 Å². The maximum Gasteiger partial charge on any atom is 0.269 e. The fraction of sp³-hybridized carbons (Fsp3) is 0.100. The topological polar surface area (TPSA) is 87.2 Å². The lowest BCUT2D eigenvalue weighted by Gasteiger charge is -2.07. The molecule has 0 fully saturated rings.